The number of anilines is 3. The summed E-state index contributed by atoms with van der Waals surface area (Å²) in [7, 11) is 0. The fourth-order valence-corrected chi connectivity index (χ4v) is 4.72. The van der Waals surface area contributed by atoms with Crippen molar-refractivity contribution in [2.45, 2.75) is 59.3 Å². The Morgan fingerprint density at radius 2 is 1.26 bits per heavy atom. The Labute approximate surface area is 216 Å². The monoisotopic (exact) mass is 481 g/mol. The van der Waals surface area contributed by atoms with Crippen LogP contribution in [0, 0.1) is 6.92 Å². The molecule has 4 rings (SSSR count). The first-order chi connectivity index (χ1) is 16.4. The van der Waals surface area contributed by atoms with Crippen molar-refractivity contribution in [3.05, 3.63) is 113 Å². The van der Waals surface area contributed by atoms with Crippen molar-refractivity contribution >= 4 is 28.7 Å². The molecule has 0 aliphatic heterocycles. The molecule has 1 nitrogen and oxygen atoms in total. The van der Waals surface area contributed by atoms with Gasteiger partial charge in [0.05, 0.1) is 5.69 Å². The molecule has 35 heavy (non-hydrogen) atoms. The van der Waals surface area contributed by atoms with E-state index in [2.05, 4.69) is 138 Å². The van der Waals surface area contributed by atoms with Gasteiger partial charge in [0.2, 0.25) is 0 Å². The molecule has 0 unspecified atom stereocenters. The van der Waals surface area contributed by atoms with Crippen LogP contribution >= 0.6 is 11.6 Å². The van der Waals surface area contributed by atoms with Crippen molar-refractivity contribution < 1.29 is 0 Å². The standard InChI is InChI=1S/C33H36ClN/c1-23-18-27(34)22-29(19-23)35(28-15-11-14-25(20-28)32(2,3)4)31-17-16-26(33(5,6)7)21-30(31)24-12-9-8-10-13-24/h8-22H,1-7H3. The topological polar surface area (TPSA) is 3.24 Å². The molecule has 4 aromatic carbocycles. The Bertz CT molecular complexity index is 1300. The van der Waals surface area contributed by atoms with Gasteiger partial charge >= 0.3 is 0 Å². The maximum absolute atomic E-state index is 6.59. The number of rotatable bonds is 4. The van der Waals surface area contributed by atoms with Gasteiger partial charge in [0.1, 0.15) is 0 Å². The van der Waals surface area contributed by atoms with E-state index in [0.29, 0.717) is 0 Å². The molecule has 0 saturated carbocycles. The van der Waals surface area contributed by atoms with Gasteiger partial charge in [-0.05, 0) is 82.5 Å². The summed E-state index contributed by atoms with van der Waals surface area (Å²) < 4.78 is 0. The number of halogens is 1. The number of hydrogen-bond donors (Lipinski definition) is 0. The molecule has 0 amide bonds. The fraction of sp³-hybridized carbons (Fsp3) is 0.273. The summed E-state index contributed by atoms with van der Waals surface area (Å²) in [6.07, 6.45) is 0. The van der Waals surface area contributed by atoms with Crippen LogP contribution in [0.3, 0.4) is 0 Å². The zero-order valence-corrected chi connectivity index (χ0v) is 22.7. The van der Waals surface area contributed by atoms with Gasteiger partial charge in [-0.3, -0.25) is 0 Å². The van der Waals surface area contributed by atoms with Gasteiger partial charge in [-0.25, -0.2) is 0 Å². The number of aryl methyl sites for hydroxylation is 1. The fourth-order valence-electron chi connectivity index (χ4n) is 4.43. The first-order valence-electron chi connectivity index (χ1n) is 12.3. The summed E-state index contributed by atoms with van der Waals surface area (Å²) in [5.74, 6) is 0. The van der Waals surface area contributed by atoms with Crippen LogP contribution < -0.4 is 4.90 Å². The molecular weight excluding hydrogens is 446 g/mol. The third-order valence-electron chi connectivity index (χ3n) is 6.44. The van der Waals surface area contributed by atoms with Crippen LogP contribution in [-0.4, -0.2) is 0 Å². The van der Waals surface area contributed by atoms with Gasteiger partial charge in [-0.2, -0.15) is 0 Å². The molecule has 180 valence electrons. The van der Waals surface area contributed by atoms with E-state index in [1.165, 1.54) is 22.3 Å². The predicted molar refractivity (Wildman–Crippen MR) is 154 cm³/mol. The second-order valence-electron chi connectivity index (χ2n) is 11.5. The number of hydrogen-bond acceptors (Lipinski definition) is 1. The normalized spacial score (nSPS) is 12.0. The Morgan fingerprint density at radius 1 is 0.600 bits per heavy atom. The van der Waals surface area contributed by atoms with E-state index in [9.17, 15) is 0 Å². The highest BCUT2D eigenvalue weighted by Crippen LogP contribution is 2.44. The Morgan fingerprint density at radius 3 is 1.89 bits per heavy atom. The maximum atomic E-state index is 6.59. The SMILES string of the molecule is Cc1cc(Cl)cc(N(c2cccc(C(C)(C)C)c2)c2ccc(C(C)(C)C)cc2-c2ccccc2)c1. The van der Waals surface area contributed by atoms with Gasteiger partial charge in [0.25, 0.3) is 0 Å². The summed E-state index contributed by atoms with van der Waals surface area (Å²) >= 11 is 6.59. The minimum absolute atomic E-state index is 0.0459. The molecular formula is C33H36ClN. The van der Waals surface area contributed by atoms with Crippen molar-refractivity contribution in [3.63, 3.8) is 0 Å². The summed E-state index contributed by atoms with van der Waals surface area (Å²) in [4.78, 5) is 2.35. The Balaban J connectivity index is 2.04. The largest absolute Gasteiger partial charge is 0.310 e. The molecule has 0 heterocycles. The average molecular weight is 482 g/mol. The van der Waals surface area contributed by atoms with E-state index in [-0.39, 0.29) is 10.8 Å². The van der Waals surface area contributed by atoms with Gasteiger partial charge in [-0.1, -0.05) is 102 Å². The van der Waals surface area contributed by atoms with Crippen LogP contribution in [-0.2, 0) is 10.8 Å². The highest BCUT2D eigenvalue weighted by Gasteiger charge is 2.23. The van der Waals surface area contributed by atoms with E-state index in [1.54, 1.807) is 0 Å². The summed E-state index contributed by atoms with van der Waals surface area (Å²) in [6.45, 7) is 15.7. The van der Waals surface area contributed by atoms with Crippen molar-refractivity contribution in [1.82, 2.24) is 0 Å². The van der Waals surface area contributed by atoms with Crippen LogP contribution in [0.5, 0.6) is 0 Å². The maximum Gasteiger partial charge on any atom is 0.0540 e. The van der Waals surface area contributed by atoms with Gasteiger partial charge in [-0.15, -0.1) is 0 Å². The molecule has 0 N–H and O–H groups in total. The molecule has 0 atom stereocenters. The molecule has 0 aliphatic rings. The molecule has 0 saturated heterocycles. The summed E-state index contributed by atoms with van der Waals surface area (Å²) in [5.41, 5.74) is 9.56. The van der Waals surface area contributed by atoms with Crippen LogP contribution in [0.15, 0.2) is 91.0 Å². The lowest BCUT2D eigenvalue weighted by Gasteiger charge is -2.31. The quantitative estimate of drug-likeness (QED) is 0.280. The first kappa shape index (κ1) is 25.1. The van der Waals surface area contributed by atoms with Crippen molar-refractivity contribution in [2.75, 3.05) is 4.90 Å². The minimum Gasteiger partial charge on any atom is -0.310 e. The molecule has 4 aromatic rings. The molecule has 2 heteroatoms. The van der Waals surface area contributed by atoms with Gasteiger partial charge in [0, 0.05) is 22.0 Å². The van der Waals surface area contributed by atoms with Crippen molar-refractivity contribution in [1.29, 1.82) is 0 Å². The van der Waals surface area contributed by atoms with Crippen molar-refractivity contribution in [3.8, 4) is 11.1 Å². The Kier molecular flexibility index (Phi) is 6.84. The molecule has 0 fully saturated rings. The van der Waals surface area contributed by atoms with E-state index < -0.39 is 0 Å². The zero-order valence-electron chi connectivity index (χ0n) is 22.0. The summed E-state index contributed by atoms with van der Waals surface area (Å²) in [5, 5.41) is 0.740. The lowest BCUT2D eigenvalue weighted by atomic mass is 9.84. The van der Waals surface area contributed by atoms with Gasteiger partial charge < -0.3 is 4.90 Å². The van der Waals surface area contributed by atoms with Gasteiger partial charge in [0.15, 0.2) is 0 Å². The third-order valence-corrected chi connectivity index (χ3v) is 6.66. The summed E-state index contributed by atoms with van der Waals surface area (Å²) in [6, 6.07) is 32.7. The second kappa shape index (κ2) is 9.55. The van der Waals surface area contributed by atoms with Crippen LogP contribution in [0.2, 0.25) is 5.02 Å². The lowest BCUT2D eigenvalue weighted by molar-refractivity contribution is 0.590. The van der Waals surface area contributed by atoms with E-state index in [0.717, 1.165) is 27.6 Å². The Hall–Kier alpha value is -3.03. The third kappa shape index (κ3) is 5.63. The van der Waals surface area contributed by atoms with Crippen LogP contribution in [0.4, 0.5) is 17.1 Å². The van der Waals surface area contributed by atoms with E-state index in [1.807, 2.05) is 6.07 Å². The van der Waals surface area contributed by atoms with Crippen LogP contribution in [0.1, 0.15) is 58.2 Å². The smallest absolute Gasteiger partial charge is 0.0540 e. The highest BCUT2D eigenvalue weighted by atomic mass is 35.5. The van der Waals surface area contributed by atoms with Crippen molar-refractivity contribution in [2.24, 2.45) is 0 Å². The number of benzene rings is 4. The molecule has 0 aliphatic carbocycles. The molecule has 0 spiro atoms. The number of nitrogens with zero attached hydrogens (tertiary/aromatic N) is 1. The first-order valence-corrected chi connectivity index (χ1v) is 12.7. The average Bonchev–Trinajstić information content (AvgIpc) is 2.78. The lowest BCUT2D eigenvalue weighted by Crippen LogP contribution is -2.16. The predicted octanol–water partition coefficient (Wildman–Crippen LogP) is 10.4. The van der Waals surface area contributed by atoms with E-state index >= 15 is 0 Å². The zero-order chi connectivity index (χ0) is 25.4. The van der Waals surface area contributed by atoms with Crippen LogP contribution in [0.25, 0.3) is 11.1 Å². The highest BCUT2D eigenvalue weighted by molar-refractivity contribution is 6.31. The minimum atomic E-state index is 0.0459. The molecule has 0 radical (unpaired) electrons. The second-order valence-corrected chi connectivity index (χ2v) is 11.9. The van der Waals surface area contributed by atoms with E-state index in [4.69, 9.17) is 11.6 Å². The molecule has 0 bridgehead atoms. The molecule has 0 aromatic heterocycles.